The fraction of sp³-hybridized carbons (Fsp3) is 0.158. The smallest absolute Gasteiger partial charge is 0.237 e. The fourth-order valence-electron chi connectivity index (χ4n) is 2.55. The first kappa shape index (κ1) is 17.1. The highest BCUT2D eigenvalue weighted by Gasteiger charge is 2.16. The van der Waals surface area contributed by atoms with E-state index >= 15 is 0 Å². The lowest BCUT2D eigenvalue weighted by Crippen LogP contribution is -2.32. The van der Waals surface area contributed by atoms with Gasteiger partial charge in [-0.15, -0.1) is 0 Å². The zero-order valence-electron chi connectivity index (χ0n) is 14.0. The molecule has 0 spiro atoms. The molecule has 0 aliphatic heterocycles. The number of nitrogen functional groups attached to an aromatic ring is 1. The third kappa shape index (κ3) is 4.03. The van der Waals surface area contributed by atoms with Crippen LogP contribution >= 0.6 is 11.8 Å². The van der Waals surface area contributed by atoms with E-state index in [1.807, 2.05) is 67.6 Å². The van der Waals surface area contributed by atoms with Gasteiger partial charge < -0.3 is 10.7 Å². The minimum atomic E-state index is 0.0305. The van der Waals surface area contributed by atoms with E-state index in [2.05, 4.69) is 4.98 Å². The molecule has 0 aliphatic rings. The van der Waals surface area contributed by atoms with Gasteiger partial charge in [0.05, 0.1) is 17.6 Å². The van der Waals surface area contributed by atoms with Gasteiger partial charge in [-0.3, -0.25) is 4.79 Å². The molecule has 3 rings (SSSR count). The lowest BCUT2D eigenvalue weighted by Gasteiger charge is -2.20. The summed E-state index contributed by atoms with van der Waals surface area (Å²) in [5.41, 5.74) is 2.70. The molecule has 0 unspecified atom stereocenters. The summed E-state index contributed by atoms with van der Waals surface area (Å²) in [6, 6.07) is 19.5. The number of imidazole rings is 1. The topological polar surface area (TPSA) is 64.2 Å². The summed E-state index contributed by atoms with van der Waals surface area (Å²) in [6.45, 7) is 2.59. The number of hydrogen-bond acceptors (Lipinski definition) is 4. The molecule has 3 aromatic rings. The first-order valence-corrected chi connectivity index (χ1v) is 9.05. The maximum atomic E-state index is 12.6. The van der Waals surface area contributed by atoms with Crippen molar-refractivity contribution in [3.05, 3.63) is 66.9 Å². The normalized spacial score (nSPS) is 10.6. The van der Waals surface area contributed by atoms with Crippen LogP contribution in [-0.4, -0.2) is 27.9 Å². The van der Waals surface area contributed by atoms with E-state index < -0.39 is 0 Å². The van der Waals surface area contributed by atoms with Crippen LogP contribution in [0.5, 0.6) is 0 Å². The van der Waals surface area contributed by atoms with Gasteiger partial charge in [0.1, 0.15) is 0 Å². The van der Waals surface area contributed by atoms with Crippen molar-refractivity contribution >= 4 is 23.4 Å². The average molecular weight is 352 g/mol. The monoisotopic (exact) mass is 352 g/mol. The van der Waals surface area contributed by atoms with E-state index in [-0.39, 0.29) is 11.7 Å². The van der Waals surface area contributed by atoms with Gasteiger partial charge in [0.2, 0.25) is 5.91 Å². The van der Waals surface area contributed by atoms with Crippen LogP contribution in [0.3, 0.4) is 0 Å². The molecule has 0 fully saturated rings. The Morgan fingerprint density at radius 2 is 1.76 bits per heavy atom. The van der Waals surface area contributed by atoms with Crippen molar-refractivity contribution in [2.75, 3.05) is 23.0 Å². The zero-order chi connectivity index (χ0) is 17.6. The molecule has 6 heteroatoms. The number of benzene rings is 2. The van der Waals surface area contributed by atoms with E-state index in [9.17, 15) is 4.79 Å². The van der Waals surface area contributed by atoms with Gasteiger partial charge in [-0.25, -0.2) is 9.66 Å². The van der Waals surface area contributed by atoms with Crippen molar-refractivity contribution in [3.63, 3.8) is 0 Å². The molecule has 0 aliphatic carbocycles. The first-order valence-electron chi connectivity index (χ1n) is 8.07. The number of hydrogen-bond donors (Lipinski definition) is 1. The first-order chi connectivity index (χ1) is 12.2. The number of nitrogens with two attached hydrogens (primary N) is 1. The molecular formula is C19H20N4OS. The number of rotatable bonds is 6. The van der Waals surface area contributed by atoms with Crippen molar-refractivity contribution in [3.8, 4) is 11.3 Å². The largest absolute Gasteiger partial charge is 0.337 e. The predicted molar refractivity (Wildman–Crippen MR) is 103 cm³/mol. The summed E-state index contributed by atoms with van der Waals surface area (Å²) in [5, 5.41) is 0.622. The number of carbonyl (C=O) groups is 1. The molecule has 1 amide bonds. The molecule has 0 radical (unpaired) electrons. The number of nitrogens with zero attached hydrogens (tertiary/aromatic N) is 3. The number of aromatic nitrogens is 2. The molecule has 0 saturated carbocycles. The Hall–Kier alpha value is -2.73. The number of para-hydroxylation sites is 1. The molecule has 2 N–H and O–H groups in total. The highest BCUT2D eigenvalue weighted by molar-refractivity contribution is 7.99. The van der Waals surface area contributed by atoms with Crippen LogP contribution in [0.4, 0.5) is 5.69 Å². The maximum Gasteiger partial charge on any atom is 0.237 e. The van der Waals surface area contributed by atoms with Gasteiger partial charge in [0.15, 0.2) is 5.16 Å². The molecule has 0 saturated heterocycles. The van der Waals surface area contributed by atoms with Gasteiger partial charge >= 0.3 is 0 Å². The summed E-state index contributed by atoms with van der Waals surface area (Å²) in [6.07, 6.45) is 1.77. The van der Waals surface area contributed by atoms with E-state index in [0.29, 0.717) is 11.7 Å². The number of anilines is 1. The number of thioether (sulfide) groups is 1. The minimum Gasteiger partial charge on any atom is -0.337 e. The average Bonchev–Trinajstić information content (AvgIpc) is 3.03. The number of amides is 1. The van der Waals surface area contributed by atoms with Crippen LogP contribution in [-0.2, 0) is 4.79 Å². The lowest BCUT2D eigenvalue weighted by atomic mass is 10.2. The van der Waals surface area contributed by atoms with Crippen LogP contribution in [0, 0.1) is 0 Å². The summed E-state index contributed by atoms with van der Waals surface area (Å²) < 4.78 is 1.47. The van der Waals surface area contributed by atoms with Gasteiger partial charge in [0, 0.05) is 17.8 Å². The Balaban J connectivity index is 1.69. The molecular weight excluding hydrogens is 332 g/mol. The van der Waals surface area contributed by atoms with E-state index in [0.717, 1.165) is 16.9 Å². The second kappa shape index (κ2) is 7.90. The Kier molecular flexibility index (Phi) is 5.40. The molecule has 5 nitrogen and oxygen atoms in total. The summed E-state index contributed by atoms with van der Waals surface area (Å²) in [7, 11) is 0. The molecule has 2 aromatic carbocycles. The zero-order valence-corrected chi connectivity index (χ0v) is 14.8. The van der Waals surface area contributed by atoms with Crippen LogP contribution < -0.4 is 10.7 Å². The summed E-state index contributed by atoms with van der Waals surface area (Å²) in [4.78, 5) is 18.9. The van der Waals surface area contributed by atoms with Crippen molar-refractivity contribution in [2.45, 2.75) is 12.1 Å². The molecule has 0 bridgehead atoms. The van der Waals surface area contributed by atoms with Gasteiger partial charge in [-0.1, -0.05) is 60.3 Å². The minimum absolute atomic E-state index is 0.0305. The molecule has 25 heavy (non-hydrogen) atoms. The maximum absolute atomic E-state index is 12.6. The van der Waals surface area contributed by atoms with Crippen molar-refractivity contribution in [1.29, 1.82) is 0 Å². The van der Waals surface area contributed by atoms with Crippen LogP contribution in [0.25, 0.3) is 11.3 Å². The molecule has 128 valence electrons. The lowest BCUT2D eigenvalue weighted by molar-refractivity contribution is -0.116. The van der Waals surface area contributed by atoms with Crippen LogP contribution in [0.1, 0.15) is 6.92 Å². The highest BCUT2D eigenvalue weighted by Crippen LogP contribution is 2.23. The van der Waals surface area contributed by atoms with Crippen molar-refractivity contribution in [2.24, 2.45) is 0 Å². The van der Waals surface area contributed by atoms with Crippen LogP contribution in [0.15, 0.2) is 72.0 Å². The van der Waals surface area contributed by atoms with E-state index in [1.54, 1.807) is 11.1 Å². The van der Waals surface area contributed by atoms with Gasteiger partial charge in [-0.05, 0) is 19.1 Å². The van der Waals surface area contributed by atoms with Crippen molar-refractivity contribution in [1.82, 2.24) is 9.66 Å². The SMILES string of the molecule is CCN(C(=O)CSc1nc(-c2ccccc2)cn1N)c1ccccc1. The Morgan fingerprint density at radius 1 is 1.12 bits per heavy atom. The summed E-state index contributed by atoms with van der Waals surface area (Å²) in [5.74, 6) is 6.31. The Bertz CT molecular complexity index is 833. The molecule has 1 heterocycles. The third-order valence-electron chi connectivity index (χ3n) is 3.78. The summed E-state index contributed by atoms with van der Waals surface area (Å²) >= 11 is 1.34. The Labute approximate surface area is 151 Å². The molecule has 0 atom stereocenters. The van der Waals surface area contributed by atoms with E-state index in [1.165, 1.54) is 16.4 Å². The van der Waals surface area contributed by atoms with Gasteiger partial charge in [0.25, 0.3) is 0 Å². The van der Waals surface area contributed by atoms with E-state index in [4.69, 9.17) is 5.84 Å². The number of carbonyl (C=O) groups excluding carboxylic acids is 1. The van der Waals surface area contributed by atoms with Crippen molar-refractivity contribution < 1.29 is 4.79 Å². The Morgan fingerprint density at radius 3 is 2.40 bits per heavy atom. The van der Waals surface area contributed by atoms with Gasteiger partial charge in [-0.2, -0.15) is 0 Å². The third-order valence-corrected chi connectivity index (χ3v) is 4.73. The molecule has 1 aromatic heterocycles. The second-order valence-corrected chi connectivity index (χ2v) is 6.39. The highest BCUT2D eigenvalue weighted by atomic mass is 32.2. The standard InChI is InChI=1S/C19H20N4OS/c1-2-22(16-11-7-4-8-12-16)18(24)14-25-19-21-17(13-23(19)20)15-9-5-3-6-10-15/h3-13H,2,14,20H2,1H3. The van der Waals surface area contributed by atoms with Crippen LogP contribution in [0.2, 0.25) is 0 Å². The quantitative estimate of drug-likeness (QED) is 0.545. The predicted octanol–water partition coefficient (Wildman–Crippen LogP) is 3.41. The second-order valence-electron chi connectivity index (χ2n) is 5.44. The fourth-order valence-corrected chi connectivity index (χ4v) is 3.32.